The summed E-state index contributed by atoms with van der Waals surface area (Å²) >= 11 is 0. The third kappa shape index (κ3) is 4.32. The molecule has 0 fully saturated rings. The van der Waals surface area contributed by atoms with Crippen molar-refractivity contribution in [3.8, 4) is 17.2 Å². The minimum atomic E-state index is -2.82. The van der Waals surface area contributed by atoms with E-state index in [1.165, 1.54) is 12.1 Å². The minimum Gasteiger partial charge on any atom is -0.506 e. The zero-order valence-electron chi connectivity index (χ0n) is 14.5. The Balaban J connectivity index is 1.68. The molecular formula is C17H17F2N7O2. The molecule has 3 rings (SSSR count). The highest BCUT2D eigenvalue weighted by atomic mass is 19.3. The summed E-state index contributed by atoms with van der Waals surface area (Å²) in [7, 11) is 0. The zero-order valence-corrected chi connectivity index (χ0v) is 14.5. The van der Waals surface area contributed by atoms with Crippen LogP contribution in [0.25, 0.3) is 11.5 Å². The SMILES string of the molecule is N/C(=N\N(N)Cc1ccc(-c2nnc(C(F)F)o2)cc1)c1ccc(O)c(N)c1. The number of nitrogen functional groups attached to an aromatic ring is 1. The average molecular weight is 389 g/mol. The molecule has 9 nitrogen and oxygen atoms in total. The maximum Gasteiger partial charge on any atom is 0.314 e. The van der Waals surface area contributed by atoms with Crippen LogP contribution in [0, 0.1) is 0 Å². The van der Waals surface area contributed by atoms with E-state index in [4.69, 9.17) is 21.7 Å². The quantitative estimate of drug-likeness (QED) is 0.125. The molecule has 0 saturated carbocycles. The molecule has 0 unspecified atom stereocenters. The van der Waals surface area contributed by atoms with Crippen molar-refractivity contribution in [3.05, 3.63) is 59.5 Å². The Bertz CT molecular complexity index is 989. The molecule has 0 amide bonds. The highest BCUT2D eigenvalue weighted by molar-refractivity contribution is 5.98. The number of nitrogens with zero attached hydrogens (tertiary/aromatic N) is 4. The number of rotatable bonds is 6. The molecule has 7 N–H and O–H groups in total. The van der Waals surface area contributed by atoms with Gasteiger partial charge in [0.25, 0.3) is 5.89 Å². The molecule has 28 heavy (non-hydrogen) atoms. The first kappa shape index (κ1) is 19.0. The van der Waals surface area contributed by atoms with Crippen molar-refractivity contribution in [2.45, 2.75) is 13.0 Å². The summed E-state index contributed by atoms with van der Waals surface area (Å²) in [6, 6.07) is 11.2. The fourth-order valence-electron chi connectivity index (χ4n) is 2.32. The summed E-state index contributed by atoms with van der Waals surface area (Å²) < 4.78 is 29.9. The summed E-state index contributed by atoms with van der Waals surface area (Å²) in [6.07, 6.45) is -2.82. The van der Waals surface area contributed by atoms with E-state index in [0.717, 1.165) is 10.7 Å². The van der Waals surface area contributed by atoms with Gasteiger partial charge in [0.1, 0.15) is 5.75 Å². The van der Waals surface area contributed by atoms with Crippen molar-refractivity contribution in [2.75, 3.05) is 5.73 Å². The van der Waals surface area contributed by atoms with Gasteiger partial charge in [-0.3, -0.25) is 0 Å². The first-order valence-corrected chi connectivity index (χ1v) is 7.99. The maximum atomic E-state index is 12.5. The third-order valence-electron chi connectivity index (χ3n) is 3.73. The standard InChI is InChI=1S/C17H17F2N7O2/c18-14(19)17-24-23-16(28-17)10-3-1-9(2-4-10)8-26(22)25-15(21)11-5-6-13(27)12(20)7-11/h1-7,14,27H,8,20,22H2,(H2,21,25). The molecule has 0 aliphatic rings. The van der Waals surface area contributed by atoms with Gasteiger partial charge in [-0.25, -0.2) is 11.0 Å². The molecule has 0 saturated heterocycles. The number of benzene rings is 2. The van der Waals surface area contributed by atoms with Crippen molar-refractivity contribution in [1.82, 2.24) is 15.3 Å². The molecule has 1 aromatic heterocycles. The predicted octanol–water partition coefficient (Wildman–Crippen LogP) is 1.96. The predicted molar refractivity (Wildman–Crippen MR) is 97.7 cm³/mol. The molecule has 0 aliphatic heterocycles. The molecule has 1 heterocycles. The highest BCUT2D eigenvalue weighted by Gasteiger charge is 2.16. The van der Waals surface area contributed by atoms with E-state index in [1.54, 1.807) is 30.3 Å². The third-order valence-corrected chi connectivity index (χ3v) is 3.73. The number of hydrogen-bond acceptors (Lipinski definition) is 8. The van der Waals surface area contributed by atoms with Gasteiger partial charge in [-0.05, 0) is 35.9 Å². The van der Waals surface area contributed by atoms with Gasteiger partial charge in [0.05, 0.1) is 12.2 Å². The van der Waals surface area contributed by atoms with E-state index >= 15 is 0 Å². The second-order valence-corrected chi connectivity index (χ2v) is 5.80. The van der Waals surface area contributed by atoms with Crippen LogP contribution in [0.3, 0.4) is 0 Å². The Labute approximate surface area is 158 Å². The molecule has 2 aromatic carbocycles. The Morgan fingerprint density at radius 2 is 1.89 bits per heavy atom. The van der Waals surface area contributed by atoms with Gasteiger partial charge < -0.3 is 21.0 Å². The number of hydrogen-bond donors (Lipinski definition) is 4. The van der Waals surface area contributed by atoms with E-state index in [0.29, 0.717) is 11.1 Å². The molecule has 11 heteroatoms. The summed E-state index contributed by atoms with van der Waals surface area (Å²) in [5.74, 6) is 5.20. The van der Waals surface area contributed by atoms with Crippen LogP contribution < -0.4 is 17.3 Å². The number of alkyl halides is 2. The summed E-state index contributed by atoms with van der Waals surface area (Å²) in [5, 5.41) is 21.5. The van der Waals surface area contributed by atoms with Crippen LogP contribution in [-0.2, 0) is 6.54 Å². The van der Waals surface area contributed by atoms with E-state index in [-0.39, 0.29) is 29.7 Å². The van der Waals surface area contributed by atoms with E-state index in [2.05, 4.69) is 15.3 Å². The first-order chi connectivity index (χ1) is 13.3. The molecular weight excluding hydrogens is 372 g/mol. The van der Waals surface area contributed by atoms with Crippen LogP contribution in [0.5, 0.6) is 5.75 Å². The second-order valence-electron chi connectivity index (χ2n) is 5.80. The number of anilines is 1. The average Bonchev–Trinajstić information content (AvgIpc) is 3.15. The van der Waals surface area contributed by atoms with Gasteiger partial charge in [0, 0.05) is 11.1 Å². The smallest absolute Gasteiger partial charge is 0.314 e. The number of hydrazine groups is 1. The van der Waals surface area contributed by atoms with Crippen molar-refractivity contribution >= 4 is 11.5 Å². The van der Waals surface area contributed by atoms with Gasteiger partial charge in [-0.1, -0.05) is 12.1 Å². The lowest BCUT2D eigenvalue weighted by molar-refractivity contribution is 0.116. The van der Waals surface area contributed by atoms with Crippen molar-refractivity contribution in [1.29, 1.82) is 0 Å². The van der Waals surface area contributed by atoms with Gasteiger partial charge >= 0.3 is 6.43 Å². The Morgan fingerprint density at radius 3 is 2.50 bits per heavy atom. The van der Waals surface area contributed by atoms with Gasteiger partial charge in [-0.2, -0.15) is 8.78 Å². The molecule has 3 aromatic rings. The van der Waals surface area contributed by atoms with Gasteiger partial charge in [0.15, 0.2) is 5.84 Å². The topological polar surface area (TPSA) is 153 Å². The summed E-state index contributed by atoms with van der Waals surface area (Å²) in [6.45, 7) is 0.223. The van der Waals surface area contributed by atoms with Crippen molar-refractivity contribution in [3.63, 3.8) is 0 Å². The minimum absolute atomic E-state index is 0.00126. The van der Waals surface area contributed by atoms with Gasteiger partial charge in [-0.15, -0.1) is 15.3 Å². The Kier molecular flexibility index (Phi) is 5.36. The Morgan fingerprint density at radius 1 is 1.18 bits per heavy atom. The molecule has 0 atom stereocenters. The second kappa shape index (κ2) is 7.88. The van der Waals surface area contributed by atoms with E-state index in [9.17, 15) is 13.9 Å². The fourth-order valence-corrected chi connectivity index (χ4v) is 2.32. The van der Waals surface area contributed by atoms with Crippen LogP contribution in [0.15, 0.2) is 52.0 Å². The maximum absolute atomic E-state index is 12.5. The van der Waals surface area contributed by atoms with E-state index < -0.39 is 12.3 Å². The lowest BCUT2D eigenvalue weighted by Crippen LogP contribution is -2.29. The molecule has 0 spiro atoms. The number of aromatic hydroxyl groups is 1. The summed E-state index contributed by atoms with van der Waals surface area (Å²) in [5.41, 5.74) is 13.5. The van der Waals surface area contributed by atoms with Crippen LogP contribution in [0.2, 0.25) is 0 Å². The normalized spacial score (nSPS) is 11.8. The number of phenols is 1. The van der Waals surface area contributed by atoms with Crippen molar-refractivity contribution in [2.24, 2.45) is 16.7 Å². The molecule has 0 aliphatic carbocycles. The molecule has 146 valence electrons. The fraction of sp³-hybridized carbons (Fsp3) is 0.118. The largest absolute Gasteiger partial charge is 0.506 e. The Hall–Kier alpha value is -3.73. The number of halogens is 2. The number of aromatic nitrogens is 2. The number of nitrogens with two attached hydrogens (primary N) is 3. The van der Waals surface area contributed by atoms with Crippen LogP contribution in [0.4, 0.5) is 14.5 Å². The van der Waals surface area contributed by atoms with Crippen LogP contribution in [-0.4, -0.2) is 26.3 Å². The zero-order chi connectivity index (χ0) is 20.3. The van der Waals surface area contributed by atoms with Crippen LogP contribution >= 0.6 is 0 Å². The van der Waals surface area contributed by atoms with Crippen LogP contribution in [0.1, 0.15) is 23.4 Å². The first-order valence-electron chi connectivity index (χ1n) is 7.99. The monoisotopic (exact) mass is 389 g/mol. The number of phenolic OH excluding ortho intramolecular Hbond substituents is 1. The van der Waals surface area contributed by atoms with Crippen molar-refractivity contribution < 1.29 is 18.3 Å². The number of hydrazone groups is 1. The summed E-state index contributed by atoms with van der Waals surface area (Å²) in [4.78, 5) is 0. The molecule has 0 radical (unpaired) electrons. The number of amidine groups is 1. The molecule has 0 bridgehead atoms. The van der Waals surface area contributed by atoms with E-state index in [1.807, 2.05) is 0 Å². The van der Waals surface area contributed by atoms with Gasteiger partial charge in [0.2, 0.25) is 5.89 Å². The highest BCUT2D eigenvalue weighted by Crippen LogP contribution is 2.24. The lowest BCUT2D eigenvalue weighted by atomic mass is 10.1. The lowest BCUT2D eigenvalue weighted by Gasteiger charge is -2.14.